The molecule has 0 aliphatic carbocycles. The molecule has 4 N–H and O–H groups in total. The van der Waals surface area contributed by atoms with Crippen LogP contribution in [0.25, 0.3) is 0 Å². The van der Waals surface area contributed by atoms with Gasteiger partial charge in [0, 0.05) is 12.8 Å². The second-order valence-corrected chi connectivity index (χ2v) is 7.11. The molecular formula is C20H31N3O4. The number of hydrogen-bond donors (Lipinski definition) is 3. The summed E-state index contributed by atoms with van der Waals surface area (Å²) in [6.45, 7) is 5.68. The van der Waals surface area contributed by atoms with Crippen LogP contribution in [-0.2, 0) is 25.5 Å². The fourth-order valence-corrected chi connectivity index (χ4v) is 2.86. The van der Waals surface area contributed by atoms with E-state index in [0.717, 1.165) is 5.56 Å². The maximum atomic E-state index is 12.9. The highest BCUT2D eigenvalue weighted by atomic mass is 16.5. The average molecular weight is 377 g/mol. The Morgan fingerprint density at radius 2 is 1.81 bits per heavy atom. The van der Waals surface area contributed by atoms with E-state index in [4.69, 9.17) is 10.5 Å². The summed E-state index contributed by atoms with van der Waals surface area (Å²) in [7, 11) is 1.26. The Labute approximate surface area is 161 Å². The molecule has 0 aliphatic heterocycles. The molecule has 150 valence electrons. The van der Waals surface area contributed by atoms with E-state index in [2.05, 4.69) is 10.6 Å². The smallest absolute Gasteiger partial charge is 0.328 e. The molecule has 7 nitrogen and oxygen atoms in total. The summed E-state index contributed by atoms with van der Waals surface area (Å²) in [6, 6.07) is 8.38. The third-order valence-corrected chi connectivity index (χ3v) is 4.05. The van der Waals surface area contributed by atoms with E-state index in [1.807, 2.05) is 51.1 Å². The first-order chi connectivity index (χ1) is 12.7. The molecule has 27 heavy (non-hydrogen) atoms. The molecule has 1 aromatic carbocycles. The Hall–Kier alpha value is -2.41. The van der Waals surface area contributed by atoms with Crippen molar-refractivity contribution in [3.8, 4) is 0 Å². The molecule has 0 aliphatic rings. The predicted octanol–water partition coefficient (Wildman–Crippen LogP) is 1.50. The van der Waals surface area contributed by atoms with E-state index < -0.39 is 23.6 Å². The van der Waals surface area contributed by atoms with Gasteiger partial charge in [0.2, 0.25) is 5.91 Å². The van der Waals surface area contributed by atoms with Crippen LogP contribution in [0.3, 0.4) is 0 Å². The molecule has 0 saturated heterocycles. The molecule has 0 radical (unpaired) electrons. The van der Waals surface area contributed by atoms with Crippen LogP contribution in [0.5, 0.6) is 0 Å². The quantitative estimate of drug-likeness (QED) is 0.423. The average Bonchev–Trinajstić information content (AvgIpc) is 2.60. The summed E-state index contributed by atoms with van der Waals surface area (Å²) in [5.74, 6) is -1.41. The van der Waals surface area contributed by atoms with E-state index in [-0.39, 0.29) is 31.1 Å². The van der Waals surface area contributed by atoms with Crippen LogP contribution in [0, 0.1) is 5.92 Å². The van der Waals surface area contributed by atoms with Crippen molar-refractivity contribution in [2.45, 2.75) is 58.2 Å². The van der Waals surface area contributed by atoms with Crippen molar-refractivity contribution in [1.82, 2.24) is 10.6 Å². The molecule has 0 unspecified atom stereocenters. The number of ether oxygens (including phenoxy) is 1. The van der Waals surface area contributed by atoms with Gasteiger partial charge in [-0.2, -0.15) is 0 Å². The molecule has 0 aromatic heterocycles. The molecule has 0 bridgehead atoms. The van der Waals surface area contributed by atoms with Gasteiger partial charge in [-0.3, -0.25) is 9.59 Å². The Morgan fingerprint density at radius 3 is 2.33 bits per heavy atom. The van der Waals surface area contributed by atoms with Crippen molar-refractivity contribution in [2.24, 2.45) is 11.7 Å². The zero-order valence-electron chi connectivity index (χ0n) is 16.6. The van der Waals surface area contributed by atoms with Crippen LogP contribution in [0.1, 0.15) is 45.6 Å². The highest BCUT2D eigenvalue weighted by Gasteiger charge is 2.38. The predicted molar refractivity (Wildman–Crippen MR) is 104 cm³/mol. The van der Waals surface area contributed by atoms with Crippen molar-refractivity contribution >= 4 is 17.8 Å². The highest BCUT2D eigenvalue weighted by Crippen LogP contribution is 2.14. The molecule has 0 spiro atoms. The molecular weight excluding hydrogens is 346 g/mol. The van der Waals surface area contributed by atoms with Gasteiger partial charge in [0.05, 0.1) is 7.11 Å². The van der Waals surface area contributed by atoms with E-state index >= 15 is 0 Å². The maximum Gasteiger partial charge on any atom is 0.328 e. The molecule has 2 amide bonds. The number of nitrogens with two attached hydrogens (primary N) is 1. The fraction of sp³-hybridized carbons (Fsp3) is 0.550. The lowest BCUT2D eigenvalue weighted by Gasteiger charge is -2.32. The Kier molecular flexibility index (Phi) is 8.94. The fourth-order valence-electron chi connectivity index (χ4n) is 2.86. The summed E-state index contributed by atoms with van der Waals surface area (Å²) < 4.78 is 4.82. The molecule has 2 atom stereocenters. The van der Waals surface area contributed by atoms with Crippen LogP contribution >= 0.6 is 0 Å². The molecule has 1 rings (SSSR count). The Morgan fingerprint density at radius 1 is 1.19 bits per heavy atom. The van der Waals surface area contributed by atoms with Crippen molar-refractivity contribution < 1.29 is 19.1 Å². The number of esters is 1. The van der Waals surface area contributed by atoms with Gasteiger partial charge >= 0.3 is 5.97 Å². The lowest BCUT2D eigenvalue weighted by atomic mass is 9.95. The summed E-state index contributed by atoms with van der Waals surface area (Å²) in [5.41, 5.74) is 5.54. The number of methoxy groups -OCH3 is 1. The normalized spacial score (nSPS) is 14.1. The van der Waals surface area contributed by atoms with E-state index in [1.165, 1.54) is 7.11 Å². The molecule has 7 heteroatoms. The Bertz CT molecular complexity index is 633. The number of hydrogen-bond acceptors (Lipinski definition) is 5. The SMILES string of the molecule is CCCC(=O)N[C@@](N)(CC(C)C)C(=O)N[C@@H](Cc1ccccc1)C(=O)OC. The molecule has 0 heterocycles. The first kappa shape index (κ1) is 22.6. The van der Waals surface area contributed by atoms with Gasteiger partial charge in [0.15, 0.2) is 5.66 Å². The molecule has 0 fully saturated rings. The number of nitrogens with one attached hydrogen (secondary N) is 2. The minimum Gasteiger partial charge on any atom is -0.467 e. The van der Waals surface area contributed by atoms with Crippen LogP contribution in [0.15, 0.2) is 30.3 Å². The minimum absolute atomic E-state index is 0.0633. The van der Waals surface area contributed by atoms with Gasteiger partial charge in [-0.1, -0.05) is 51.1 Å². The van der Waals surface area contributed by atoms with Gasteiger partial charge in [-0.15, -0.1) is 0 Å². The molecule has 0 saturated carbocycles. The summed E-state index contributed by atoms with van der Waals surface area (Å²) in [6.07, 6.45) is 1.42. The van der Waals surface area contributed by atoms with Crippen molar-refractivity contribution in [2.75, 3.05) is 7.11 Å². The Balaban J connectivity index is 2.99. The maximum absolute atomic E-state index is 12.9. The first-order valence-electron chi connectivity index (χ1n) is 9.24. The number of carbonyl (C=O) groups excluding carboxylic acids is 3. The number of carbonyl (C=O) groups is 3. The monoisotopic (exact) mass is 377 g/mol. The topological polar surface area (TPSA) is 111 Å². The summed E-state index contributed by atoms with van der Waals surface area (Å²) >= 11 is 0. The van der Waals surface area contributed by atoms with Gasteiger partial charge in [-0.05, 0) is 24.3 Å². The van der Waals surface area contributed by atoms with Crippen LogP contribution in [-0.4, -0.2) is 36.6 Å². The van der Waals surface area contributed by atoms with Gasteiger partial charge in [-0.25, -0.2) is 4.79 Å². The van der Waals surface area contributed by atoms with Crippen LogP contribution in [0.2, 0.25) is 0 Å². The van der Waals surface area contributed by atoms with E-state index in [1.54, 1.807) is 0 Å². The standard InChI is InChI=1S/C20H31N3O4/c1-5-9-17(24)23-20(21,13-14(2)3)19(26)22-16(18(25)27-4)12-15-10-7-6-8-11-15/h6-8,10-11,14,16H,5,9,12-13,21H2,1-4H3,(H,22,26)(H,23,24)/t16-,20-/m0/s1. The van der Waals surface area contributed by atoms with E-state index in [9.17, 15) is 14.4 Å². The lowest BCUT2D eigenvalue weighted by Crippen LogP contribution is -2.67. The van der Waals surface area contributed by atoms with Gasteiger partial charge in [0.25, 0.3) is 5.91 Å². The molecule has 1 aromatic rings. The summed E-state index contributed by atoms with van der Waals surface area (Å²) in [5, 5.41) is 5.28. The van der Waals surface area contributed by atoms with Crippen molar-refractivity contribution in [3.05, 3.63) is 35.9 Å². The van der Waals surface area contributed by atoms with Crippen LogP contribution in [0.4, 0.5) is 0 Å². The number of rotatable bonds is 10. The number of benzene rings is 1. The minimum atomic E-state index is -1.59. The second kappa shape index (κ2) is 10.7. The second-order valence-electron chi connectivity index (χ2n) is 7.11. The van der Waals surface area contributed by atoms with Crippen molar-refractivity contribution in [1.29, 1.82) is 0 Å². The third kappa shape index (κ3) is 7.38. The van der Waals surface area contributed by atoms with Crippen molar-refractivity contribution in [3.63, 3.8) is 0 Å². The van der Waals surface area contributed by atoms with E-state index in [0.29, 0.717) is 6.42 Å². The first-order valence-corrected chi connectivity index (χ1v) is 9.24. The summed E-state index contributed by atoms with van der Waals surface area (Å²) in [4.78, 5) is 37.1. The van der Waals surface area contributed by atoms with Gasteiger partial charge < -0.3 is 21.1 Å². The largest absolute Gasteiger partial charge is 0.467 e. The zero-order valence-corrected chi connectivity index (χ0v) is 16.6. The lowest BCUT2D eigenvalue weighted by molar-refractivity contribution is -0.146. The number of amides is 2. The highest BCUT2D eigenvalue weighted by molar-refractivity contribution is 5.93. The zero-order chi connectivity index (χ0) is 20.4. The third-order valence-electron chi connectivity index (χ3n) is 4.05. The van der Waals surface area contributed by atoms with Gasteiger partial charge in [0.1, 0.15) is 6.04 Å². The van der Waals surface area contributed by atoms with Crippen LogP contribution < -0.4 is 16.4 Å².